The summed E-state index contributed by atoms with van der Waals surface area (Å²) >= 11 is 1.10. The van der Waals surface area contributed by atoms with Crippen molar-refractivity contribution < 1.29 is 18.1 Å². The maximum atomic E-state index is 13.4. The summed E-state index contributed by atoms with van der Waals surface area (Å²) in [7, 11) is 0. The highest BCUT2D eigenvalue weighted by Gasteiger charge is 2.38. The molecule has 1 aromatic rings. The van der Waals surface area contributed by atoms with Crippen LogP contribution >= 0.6 is 11.8 Å². The average molecular weight is 370 g/mol. The molecule has 0 radical (unpaired) electrons. The quantitative estimate of drug-likeness (QED) is 0.551. The first-order chi connectivity index (χ1) is 11.9. The molecule has 0 spiro atoms. The second-order valence-corrected chi connectivity index (χ2v) is 7.12. The van der Waals surface area contributed by atoms with Gasteiger partial charge in [-0.05, 0) is 25.3 Å². The molecule has 0 amide bonds. The Morgan fingerprint density at radius 1 is 1.20 bits per heavy atom. The largest absolute Gasteiger partial charge is 0.413 e. The number of nitro benzene ring substituents is 1. The summed E-state index contributed by atoms with van der Waals surface area (Å²) in [5.74, 6) is 0. The number of hydrogen-bond acceptors (Lipinski definition) is 4. The molecule has 0 atom stereocenters. The zero-order valence-corrected chi connectivity index (χ0v) is 14.2. The van der Waals surface area contributed by atoms with E-state index in [1.165, 1.54) is 18.2 Å². The maximum Gasteiger partial charge on any atom is 0.413 e. The van der Waals surface area contributed by atoms with E-state index in [4.69, 9.17) is 0 Å². The molecule has 3 rings (SSSR count). The molecule has 2 aliphatic rings. The van der Waals surface area contributed by atoms with Gasteiger partial charge in [0.05, 0.1) is 9.95 Å². The molecule has 1 fully saturated rings. The van der Waals surface area contributed by atoms with E-state index in [0.29, 0.717) is 5.56 Å². The van der Waals surface area contributed by atoms with Crippen molar-refractivity contribution in [3.8, 4) is 0 Å². The highest BCUT2D eigenvalue weighted by Crippen LogP contribution is 2.45. The number of likely N-dealkylation sites (tertiary alicyclic amines) is 1. The van der Waals surface area contributed by atoms with Gasteiger partial charge in [-0.15, -0.1) is 0 Å². The van der Waals surface area contributed by atoms with Crippen LogP contribution in [0.1, 0.15) is 24.8 Å². The lowest BCUT2D eigenvalue weighted by Crippen LogP contribution is -2.22. The highest BCUT2D eigenvalue weighted by atomic mass is 32.2. The maximum absolute atomic E-state index is 13.4. The third-order valence-electron chi connectivity index (χ3n) is 4.34. The summed E-state index contributed by atoms with van der Waals surface area (Å²) in [6.07, 6.45) is -0.999. The van der Waals surface area contributed by atoms with Gasteiger partial charge >= 0.3 is 6.18 Å². The minimum Gasteiger partial charge on any atom is -0.366 e. The SMILES string of the molecule is O=[N+]([O-])c1ccccc1CC1=C(C(F)(F)F)CC=C(N2CCCC2)S1. The van der Waals surface area contributed by atoms with E-state index < -0.39 is 16.7 Å². The highest BCUT2D eigenvalue weighted by molar-refractivity contribution is 8.06. The van der Waals surface area contributed by atoms with Crippen molar-refractivity contribution >= 4 is 17.4 Å². The van der Waals surface area contributed by atoms with Crippen LogP contribution < -0.4 is 0 Å². The molecule has 2 heterocycles. The van der Waals surface area contributed by atoms with Crippen LogP contribution in [0.3, 0.4) is 0 Å². The van der Waals surface area contributed by atoms with E-state index in [9.17, 15) is 23.3 Å². The molecule has 0 aromatic heterocycles. The number of nitro groups is 1. The van der Waals surface area contributed by atoms with Crippen LogP contribution in [0.25, 0.3) is 0 Å². The van der Waals surface area contributed by atoms with Gasteiger partial charge in [0.15, 0.2) is 0 Å². The minimum atomic E-state index is -4.43. The fraction of sp³-hybridized carbons (Fsp3) is 0.412. The first-order valence-electron chi connectivity index (χ1n) is 8.00. The molecule has 0 unspecified atom stereocenters. The van der Waals surface area contributed by atoms with Gasteiger partial charge in [-0.1, -0.05) is 30.0 Å². The lowest BCUT2D eigenvalue weighted by atomic mass is 10.0. The molecule has 0 bridgehead atoms. The van der Waals surface area contributed by atoms with Gasteiger partial charge in [-0.3, -0.25) is 10.1 Å². The molecule has 0 saturated carbocycles. The summed E-state index contributed by atoms with van der Waals surface area (Å²) in [5.41, 5.74) is -0.438. The zero-order valence-electron chi connectivity index (χ0n) is 13.4. The Labute approximate surface area is 147 Å². The van der Waals surface area contributed by atoms with Crippen molar-refractivity contribution in [2.75, 3.05) is 13.1 Å². The van der Waals surface area contributed by atoms with Gasteiger partial charge < -0.3 is 4.90 Å². The lowest BCUT2D eigenvalue weighted by molar-refractivity contribution is -0.385. The van der Waals surface area contributed by atoms with Crippen LogP contribution in [0.4, 0.5) is 18.9 Å². The van der Waals surface area contributed by atoms with Crippen molar-refractivity contribution in [2.24, 2.45) is 0 Å². The second-order valence-electron chi connectivity index (χ2n) is 6.00. The second kappa shape index (κ2) is 7.11. The number of benzene rings is 1. The number of rotatable bonds is 4. The number of para-hydroxylation sites is 1. The fourth-order valence-corrected chi connectivity index (χ4v) is 4.37. The van der Waals surface area contributed by atoms with E-state index in [0.717, 1.165) is 42.7 Å². The van der Waals surface area contributed by atoms with E-state index >= 15 is 0 Å². The molecular formula is C17H17F3N2O2S. The summed E-state index contributed by atoms with van der Waals surface area (Å²) in [4.78, 5) is 12.9. The van der Waals surface area contributed by atoms with Gasteiger partial charge in [0.2, 0.25) is 0 Å². The molecule has 8 heteroatoms. The number of halogens is 3. The van der Waals surface area contributed by atoms with Crippen molar-refractivity contribution in [2.45, 2.75) is 31.9 Å². The van der Waals surface area contributed by atoms with Crippen LogP contribution in [0.5, 0.6) is 0 Å². The Balaban J connectivity index is 1.91. The topological polar surface area (TPSA) is 46.4 Å². The van der Waals surface area contributed by atoms with Crippen molar-refractivity contribution in [3.05, 3.63) is 61.5 Å². The van der Waals surface area contributed by atoms with Gasteiger partial charge in [0.25, 0.3) is 5.69 Å². The molecule has 0 aliphatic carbocycles. The fourth-order valence-electron chi connectivity index (χ4n) is 3.09. The molecule has 25 heavy (non-hydrogen) atoms. The summed E-state index contributed by atoms with van der Waals surface area (Å²) < 4.78 is 40.2. The predicted octanol–water partition coefficient (Wildman–Crippen LogP) is 5.03. The number of allylic oxidation sites excluding steroid dienone is 3. The smallest absolute Gasteiger partial charge is 0.366 e. The number of thioether (sulfide) groups is 1. The van der Waals surface area contributed by atoms with Crippen molar-refractivity contribution in [1.29, 1.82) is 0 Å². The monoisotopic (exact) mass is 370 g/mol. The molecule has 4 nitrogen and oxygen atoms in total. The first kappa shape index (κ1) is 17.8. The van der Waals surface area contributed by atoms with E-state index in [-0.39, 0.29) is 23.4 Å². The van der Waals surface area contributed by atoms with Crippen LogP contribution in [-0.2, 0) is 6.42 Å². The van der Waals surface area contributed by atoms with E-state index in [2.05, 4.69) is 4.90 Å². The molecule has 1 saturated heterocycles. The summed E-state index contributed by atoms with van der Waals surface area (Å²) in [6, 6.07) is 5.98. The summed E-state index contributed by atoms with van der Waals surface area (Å²) in [5, 5.41) is 12.0. The van der Waals surface area contributed by atoms with E-state index in [1.807, 2.05) is 0 Å². The molecule has 0 N–H and O–H groups in total. The zero-order chi connectivity index (χ0) is 18.0. The normalized spacial score (nSPS) is 18.5. The molecule has 2 aliphatic heterocycles. The number of hydrogen-bond donors (Lipinski definition) is 0. The average Bonchev–Trinajstić information content (AvgIpc) is 3.08. The summed E-state index contributed by atoms with van der Waals surface area (Å²) in [6.45, 7) is 1.69. The standard InChI is InChI=1S/C17H17F3N2O2S/c18-17(19,20)13-7-8-16(21-9-3-4-10-21)25-15(13)11-12-5-1-2-6-14(12)22(23)24/h1-2,5-6,8H,3-4,7,9-11H2. The Kier molecular flexibility index (Phi) is 5.08. The minimum absolute atomic E-state index is 0.0815. The van der Waals surface area contributed by atoms with Crippen LogP contribution in [0, 0.1) is 10.1 Å². The Hall–Kier alpha value is -1.96. The number of nitrogens with zero attached hydrogens (tertiary/aromatic N) is 2. The van der Waals surface area contributed by atoms with Gasteiger partial charge in [0, 0.05) is 41.6 Å². The molecular weight excluding hydrogens is 353 g/mol. The molecule has 1 aromatic carbocycles. The molecule has 134 valence electrons. The van der Waals surface area contributed by atoms with Crippen molar-refractivity contribution in [1.82, 2.24) is 4.90 Å². The lowest BCUT2D eigenvalue weighted by Gasteiger charge is -2.28. The van der Waals surface area contributed by atoms with Crippen LogP contribution in [-0.4, -0.2) is 29.1 Å². The number of alkyl halides is 3. The Morgan fingerprint density at radius 2 is 1.88 bits per heavy atom. The van der Waals surface area contributed by atoms with E-state index in [1.54, 1.807) is 12.1 Å². The van der Waals surface area contributed by atoms with Crippen LogP contribution in [0.15, 0.2) is 45.8 Å². The Bertz CT molecular complexity index is 738. The van der Waals surface area contributed by atoms with Gasteiger partial charge in [-0.25, -0.2) is 0 Å². The van der Waals surface area contributed by atoms with Gasteiger partial charge in [0.1, 0.15) is 0 Å². The van der Waals surface area contributed by atoms with Crippen molar-refractivity contribution in [3.63, 3.8) is 0 Å². The third-order valence-corrected chi connectivity index (χ3v) is 5.62. The third kappa shape index (κ3) is 4.00. The Morgan fingerprint density at radius 3 is 2.52 bits per heavy atom. The van der Waals surface area contributed by atoms with Gasteiger partial charge in [-0.2, -0.15) is 13.2 Å². The first-order valence-corrected chi connectivity index (χ1v) is 8.82. The predicted molar refractivity (Wildman–Crippen MR) is 91.0 cm³/mol. The van der Waals surface area contributed by atoms with Crippen LogP contribution in [0.2, 0.25) is 0 Å².